The van der Waals surface area contributed by atoms with E-state index in [1.54, 1.807) is 11.3 Å². The molecule has 0 saturated carbocycles. The first-order valence-electron chi connectivity index (χ1n) is 17.4. The standard InChI is InChI=1S/C45H33N3O2S/c1-26-20-21-40-32(22-23-51-40)37(26)24-27(2)28-10-7-11-29(25-28)43-46-44(35-16-8-14-33-30-12-3-5-18-38(30)49-41(33)35)48-45(47-43)36-17-9-15-34-31-13-4-6-19-39(31)50-42(34)36/h3-24,28,33,41H,25H2,1-2H3/b27-24+. The summed E-state index contributed by atoms with van der Waals surface area (Å²) in [4.78, 5) is 15.6. The molecular weight excluding hydrogens is 647 g/mol. The smallest absolute Gasteiger partial charge is 0.167 e. The van der Waals surface area contributed by atoms with Crippen LogP contribution in [0.15, 0.2) is 137 Å². The van der Waals surface area contributed by atoms with Crippen molar-refractivity contribution in [1.82, 2.24) is 15.0 Å². The highest BCUT2D eigenvalue weighted by molar-refractivity contribution is 7.17. The van der Waals surface area contributed by atoms with Gasteiger partial charge in [-0.15, -0.1) is 11.3 Å². The number of nitrogens with zero attached hydrogens (tertiary/aromatic N) is 3. The Morgan fingerprint density at radius 1 is 0.784 bits per heavy atom. The zero-order valence-corrected chi connectivity index (χ0v) is 29.0. The molecule has 0 saturated heterocycles. The van der Waals surface area contributed by atoms with E-state index in [1.807, 2.05) is 36.4 Å². The number of hydrogen-bond donors (Lipinski definition) is 0. The molecule has 0 N–H and O–H groups in total. The summed E-state index contributed by atoms with van der Waals surface area (Å²) in [5.41, 5.74) is 9.54. The van der Waals surface area contributed by atoms with Gasteiger partial charge < -0.3 is 9.15 Å². The first-order chi connectivity index (χ1) is 25.1. The van der Waals surface area contributed by atoms with Gasteiger partial charge in [0.15, 0.2) is 17.5 Å². The highest BCUT2D eigenvalue weighted by Gasteiger charge is 2.38. The molecule has 7 aromatic rings. The molecule has 4 aromatic carbocycles. The molecule has 2 aliphatic carbocycles. The fourth-order valence-corrected chi connectivity index (χ4v) is 8.63. The SMILES string of the molecule is C/C(=C\c1c(C)ccc2sccc12)C1C=CC=C(c2nc(C3=CC=CC4c5ccccc5OC34)nc(-c3cccc4c3oc3ccccc34)n2)C1. The first-order valence-corrected chi connectivity index (χ1v) is 18.3. The van der Waals surface area contributed by atoms with E-state index >= 15 is 0 Å². The molecule has 3 atom stereocenters. The number of hydrogen-bond acceptors (Lipinski definition) is 6. The number of ether oxygens (including phenoxy) is 1. The van der Waals surface area contributed by atoms with Crippen LogP contribution in [0.1, 0.15) is 47.6 Å². The normalized spacial score (nSPS) is 19.6. The van der Waals surface area contributed by atoms with Crippen molar-refractivity contribution >= 4 is 60.6 Å². The average molecular weight is 680 g/mol. The van der Waals surface area contributed by atoms with Gasteiger partial charge in [-0.3, -0.25) is 0 Å². The molecule has 5 nitrogen and oxygen atoms in total. The summed E-state index contributed by atoms with van der Waals surface area (Å²) >= 11 is 1.79. The summed E-state index contributed by atoms with van der Waals surface area (Å²) in [5, 5.41) is 5.60. The maximum atomic E-state index is 6.59. The molecule has 0 amide bonds. The Hall–Kier alpha value is -5.85. The number of rotatable bonds is 5. The summed E-state index contributed by atoms with van der Waals surface area (Å²) in [7, 11) is 0. The van der Waals surface area contributed by atoms with Crippen molar-refractivity contribution in [2.45, 2.75) is 32.3 Å². The van der Waals surface area contributed by atoms with Crippen molar-refractivity contribution in [2.75, 3.05) is 0 Å². The third kappa shape index (κ3) is 5.01. The Balaban J connectivity index is 1.08. The fourth-order valence-electron chi connectivity index (χ4n) is 7.82. The van der Waals surface area contributed by atoms with Crippen LogP contribution in [0.25, 0.3) is 60.6 Å². The maximum absolute atomic E-state index is 6.59. The molecule has 0 fully saturated rings. The van der Waals surface area contributed by atoms with Gasteiger partial charge >= 0.3 is 0 Å². The monoisotopic (exact) mass is 679 g/mol. The molecule has 3 aliphatic rings. The van der Waals surface area contributed by atoms with Crippen LogP contribution in [0.5, 0.6) is 5.75 Å². The van der Waals surface area contributed by atoms with Crippen LogP contribution in [0, 0.1) is 12.8 Å². The molecule has 4 heterocycles. The molecule has 1 aliphatic heterocycles. The van der Waals surface area contributed by atoms with Crippen molar-refractivity contribution < 1.29 is 9.15 Å². The van der Waals surface area contributed by atoms with Crippen LogP contribution in [0.4, 0.5) is 0 Å². The Bertz CT molecular complexity index is 2710. The minimum absolute atomic E-state index is 0.0915. The lowest BCUT2D eigenvalue weighted by atomic mass is 9.86. The van der Waals surface area contributed by atoms with Crippen LogP contribution in [0.3, 0.4) is 0 Å². The predicted molar refractivity (Wildman–Crippen MR) is 209 cm³/mol. The maximum Gasteiger partial charge on any atom is 0.167 e. The molecule has 3 aromatic heterocycles. The van der Waals surface area contributed by atoms with E-state index in [9.17, 15) is 0 Å². The van der Waals surface area contributed by atoms with Crippen LogP contribution < -0.4 is 4.74 Å². The van der Waals surface area contributed by atoms with Crippen LogP contribution in [-0.4, -0.2) is 21.1 Å². The number of benzene rings is 4. The van der Waals surface area contributed by atoms with Gasteiger partial charge in [0.1, 0.15) is 23.0 Å². The number of fused-ring (bicyclic) bond motifs is 7. The van der Waals surface area contributed by atoms with Gasteiger partial charge in [-0.25, -0.2) is 15.0 Å². The molecule has 0 spiro atoms. The van der Waals surface area contributed by atoms with E-state index in [1.165, 1.54) is 32.3 Å². The molecular formula is C45H33N3O2S. The minimum atomic E-state index is -0.223. The Labute approximate surface area is 299 Å². The lowest BCUT2D eigenvalue weighted by Gasteiger charge is -2.23. The van der Waals surface area contributed by atoms with E-state index < -0.39 is 0 Å². The average Bonchev–Trinajstić information content (AvgIpc) is 3.91. The number of aromatic nitrogens is 3. The Morgan fingerprint density at radius 2 is 1.61 bits per heavy atom. The van der Waals surface area contributed by atoms with E-state index in [0.717, 1.165) is 50.8 Å². The summed E-state index contributed by atoms with van der Waals surface area (Å²) in [6.07, 6.45) is 15.9. The molecule has 6 heteroatoms. The summed E-state index contributed by atoms with van der Waals surface area (Å²) in [6, 6.07) is 29.3. The highest BCUT2D eigenvalue weighted by atomic mass is 32.1. The zero-order valence-electron chi connectivity index (χ0n) is 28.2. The Morgan fingerprint density at radius 3 is 2.57 bits per heavy atom. The number of allylic oxidation sites excluding steroid dienone is 7. The van der Waals surface area contributed by atoms with Gasteiger partial charge in [0.2, 0.25) is 0 Å². The zero-order chi connectivity index (χ0) is 34.1. The lowest BCUT2D eigenvalue weighted by molar-refractivity contribution is 0.277. The number of thiophene rings is 1. The topological polar surface area (TPSA) is 61.0 Å². The quantitative estimate of drug-likeness (QED) is 0.181. The Kier molecular flexibility index (Phi) is 7.00. The second-order valence-electron chi connectivity index (χ2n) is 13.6. The summed E-state index contributed by atoms with van der Waals surface area (Å²) in [6.45, 7) is 4.44. The third-order valence-corrected chi connectivity index (χ3v) is 11.4. The largest absolute Gasteiger partial charge is 0.484 e. The van der Waals surface area contributed by atoms with Gasteiger partial charge in [-0.05, 0) is 78.1 Å². The van der Waals surface area contributed by atoms with Gasteiger partial charge in [0.25, 0.3) is 0 Å². The fraction of sp³-hybridized carbons (Fsp3) is 0.133. The first kappa shape index (κ1) is 30.0. The van der Waals surface area contributed by atoms with E-state index in [4.69, 9.17) is 24.1 Å². The van der Waals surface area contributed by atoms with E-state index in [-0.39, 0.29) is 17.9 Å². The highest BCUT2D eigenvalue weighted by Crippen LogP contribution is 2.46. The predicted octanol–water partition coefficient (Wildman–Crippen LogP) is 11.5. The summed E-state index contributed by atoms with van der Waals surface area (Å²) in [5.74, 6) is 3.08. The second-order valence-corrected chi connectivity index (χ2v) is 14.5. The van der Waals surface area contributed by atoms with Crippen molar-refractivity contribution in [3.05, 3.63) is 161 Å². The molecule has 0 radical (unpaired) electrons. The molecule has 0 bridgehead atoms. The van der Waals surface area contributed by atoms with Crippen LogP contribution >= 0.6 is 11.3 Å². The molecule has 51 heavy (non-hydrogen) atoms. The van der Waals surface area contributed by atoms with Crippen molar-refractivity contribution in [2.24, 2.45) is 5.92 Å². The van der Waals surface area contributed by atoms with Gasteiger partial charge in [0.05, 0.1) is 5.56 Å². The molecule has 246 valence electrons. The van der Waals surface area contributed by atoms with Gasteiger partial charge in [0, 0.05) is 38.4 Å². The van der Waals surface area contributed by atoms with Crippen LogP contribution in [0.2, 0.25) is 0 Å². The van der Waals surface area contributed by atoms with Gasteiger partial charge in [-0.1, -0.05) is 103 Å². The lowest BCUT2D eigenvalue weighted by Crippen LogP contribution is -2.23. The number of furan rings is 1. The summed E-state index contributed by atoms with van der Waals surface area (Å²) < 4.78 is 14.4. The van der Waals surface area contributed by atoms with Crippen LogP contribution in [-0.2, 0) is 0 Å². The van der Waals surface area contributed by atoms with Crippen molar-refractivity contribution in [1.29, 1.82) is 0 Å². The molecule has 10 rings (SSSR count). The van der Waals surface area contributed by atoms with Gasteiger partial charge in [-0.2, -0.15) is 0 Å². The van der Waals surface area contributed by atoms with E-state index in [2.05, 4.69) is 110 Å². The third-order valence-electron chi connectivity index (χ3n) is 10.5. The number of para-hydroxylation sites is 3. The molecule has 3 unspecified atom stereocenters. The second kappa shape index (κ2) is 11.9. The minimum Gasteiger partial charge on any atom is -0.484 e. The van der Waals surface area contributed by atoms with Crippen molar-refractivity contribution in [3.63, 3.8) is 0 Å². The van der Waals surface area contributed by atoms with E-state index in [0.29, 0.717) is 17.5 Å². The van der Waals surface area contributed by atoms with Crippen molar-refractivity contribution in [3.8, 4) is 17.1 Å². The number of aryl methyl sites for hydroxylation is 1.